The minimum atomic E-state index is 0.486. The van der Waals surface area contributed by atoms with E-state index in [-0.39, 0.29) is 0 Å². The summed E-state index contributed by atoms with van der Waals surface area (Å²) in [5.41, 5.74) is 4.20. The molecule has 2 heterocycles. The largest absolute Gasteiger partial charge is 0.497 e. The zero-order valence-electron chi connectivity index (χ0n) is 17.6. The van der Waals surface area contributed by atoms with E-state index < -0.39 is 0 Å². The van der Waals surface area contributed by atoms with Gasteiger partial charge in [0.2, 0.25) is 0 Å². The average molecular weight is 396 g/mol. The van der Waals surface area contributed by atoms with Gasteiger partial charge in [0, 0.05) is 30.4 Å². The van der Waals surface area contributed by atoms with Gasteiger partial charge in [-0.15, -0.1) is 0 Å². The van der Waals surface area contributed by atoms with Crippen LogP contribution in [0.25, 0.3) is 11.4 Å². The molecule has 0 fully saturated rings. The molecule has 0 bridgehead atoms. The number of rotatable bonds is 7. The highest BCUT2D eigenvalue weighted by molar-refractivity contribution is 5.79. The molecule has 0 spiro atoms. The first-order valence-electron chi connectivity index (χ1n) is 9.58. The molecule has 1 aromatic carbocycles. The number of aryl methyl sites for hydroxylation is 2. The minimum Gasteiger partial charge on any atom is -0.497 e. The Kier molecular flexibility index (Phi) is 6.48. The third-order valence-electron chi connectivity index (χ3n) is 4.70. The molecule has 29 heavy (non-hydrogen) atoms. The number of aliphatic imine (C=N–C) groups is 1. The van der Waals surface area contributed by atoms with Gasteiger partial charge in [-0.05, 0) is 45.0 Å². The first-order chi connectivity index (χ1) is 14.0. The Bertz CT molecular complexity index is 971. The van der Waals surface area contributed by atoms with Crippen molar-refractivity contribution in [3.8, 4) is 17.1 Å². The first-order valence-corrected chi connectivity index (χ1v) is 9.58. The highest BCUT2D eigenvalue weighted by Gasteiger charge is 2.10. The van der Waals surface area contributed by atoms with E-state index in [2.05, 4.69) is 42.8 Å². The van der Waals surface area contributed by atoms with Gasteiger partial charge < -0.3 is 15.4 Å². The van der Waals surface area contributed by atoms with E-state index in [1.165, 1.54) is 0 Å². The summed E-state index contributed by atoms with van der Waals surface area (Å²) in [6.07, 6.45) is 0. The van der Waals surface area contributed by atoms with E-state index in [4.69, 9.17) is 4.74 Å². The van der Waals surface area contributed by atoms with Gasteiger partial charge in [0.15, 0.2) is 11.8 Å². The number of aromatic nitrogens is 5. The topological polar surface area (TPSA) is 105 Å². The van der Waals surface area contributed by atoms with Crippen molar-refractivity contribution in [2.75, 3.05) is 13.7 Å². The first kappa shape index (κ1) is 20.4. The van der Waals surface area contributed by atoms with E-state index in [1.807, 2.05) is 49.8 Å². The van der Waals surface area contributed by atoms with E-state index in [0.717, 1.165) is 46.6 Å². The van der Waals surface area contributed by atoms with Gasteiger partial charge in [-0.1, -0.05) is 0 Å². The van der Waals surface area contributed by atoms with Gasteiger partial charge >= 0.3 is 0 Å². The number of guanidine groups is 1. The number of benzene rings is 1. The molecule has 3 N–H and O–H groups in total. The summed E-state index contributed by atoms with van der Waals surface area (Å²) >= 11 is 0. The summed E-state index contributed by atoms with van der Waals surface area (Å²) in [4.78, 5) is 9.23. The minimum absolute atomic E-state index is 0.486. The molecule has 0 amide bonds. The molecule has 154 valence electrons. The number of nitrogens with zero attached hydrogens (tertiary/aromatic N) is 5. The van der Waals surface area contributed by atoms with Crippen LogP contribution in [0.3, 0.4) is 0 Å². The molecule has 3 aromatic rings. The Morgan fingerprint density at radius 2 is 1.97 bits per heavy atom. The lowest BCUT2D eigenvalue weighted by atomic mass is 10.2. The molecule has 9 heteroatoms. The second-order valence-corrected chi connectivity index (χ2v) is 6.66. The standard InChI is InChI=1S/C20H28N8O/c1-6-21-20(22-11-17-13(2)27-28(4)14(17)3)23-12-18-24-19(26-25-18)15-7-9-16(29-5)10-8-15/h7-10H,6,11-12H2,1-5H3,(H2,21,22,23)(H,24,25,26). The Balaban J connectivity index is 1.65. The van der Waals surface area contributed by atoms with Crippen molar-refractivity contribution < 1.29 is 4.74 Å². The summed E-state index contributed by atoms with van der Waals surface area (Å²) in [6.45, 7) is 7.92. The van der Waals surface area contributed by atoms with Gasteiger partial charge in [-0.3, -0.25) is 9.78 Å². The van der Waals surface area contributed by atoms with E-state index in [1.54, 1.807) is 7.11 Å². The molecule has 0 aliphatic heterocycles. The van der Waals surface area contributed by atoms with Crippen molar-refractivity contribution in [1.29, 1.82) is 0 Å². The summed E-state index contributed by atoms with van der Waals surface area (Å²) in [5, 5.41) is 18.3. The number of ether oxygens (including phenoxy) is 1. The average Bonchev–Trinajstić information content (AvgIpc) is 3.29. The Morgan fingerprint density at radius 3 is 2.59 bits per heavy atom. The second kappa shape index (κ2) is 9.22. The molecule has 0 aliphatic carbocycles. The highest BCUT2D eigenvalue weighted by atomic mass is 16.5. The molecule has 0 radical (unpaired) electrons. The quantitative estimate of drug-likeness (QED) is 0.417. The van der Waals surface area contributed by atoms with Gasteiger partial charge in [0.25, 0.3) is 0 Å². The third-order valence-corrected chi connectivity index (χ3v) is 4.70. The predicted octanol–water partition coefficient (Wildman–Crippen LogP) is 2.09. The second-order valence-electron chi connectivity index (χ2n) is 6.66. The van der Waals surface area contributed by atoms with Crippen molar-refractivity contribution in [1.82, 2.24) is 35.6 Å². The lowest BCUT2D eigenvalue weighted by Crippen LogP contribution is -2.37. The number of methoxy groups -OCH3 is 1. The van der Waals surface area contributed by atoms with Crippen LogP contribution in [0.4, 0.5) is 0 Å². The van der Waals surface area contributed by atoms with Crippen molar-refractivity contribution in [2.45, 2.75) is 33.9 Å². The number of nitrogens with one attached hydrogen (secondary N) is 3. The molecule has 0 aliphatic rings. The van der Waals surface area contributed by atoms with Crippen molar-refractivity contribution in [3.05, 3.63) is 47.0 Å². The molecule has 2 aromatic heterocycles. The number of aromatic amines is 1. The Hall–Kier alpha value is -3.36. The maximum Gasteiger partial charge on any atom is 0.191 e. The van der Waals surface area contributed by atoms with Crippen LogP contribution in [-0.4, -0.2) is 44.6 Å². The maximum absolute atomic E-state index is 5.19. The number of H-pyrrole nitrogens is 1. The fraction of sp³-hybridized carbons (Fsp3) is 0.400. The van der Waals surface area contributed by atoms with Gasteiger partial charge in [0.1, 0.15) is 11.6 Å². The molecule has 0 saturated heterocycles. The zero-order chi connectivity index (χ0) is 20.8. The van der Waals surface area contributed by atoms with Crippen molar-refractivity contribution in [2.24, 2.45) is 12.0 Å². The van der Waals surface area contributed by atoms with Crippen LogP contribution < -0.4 is 15.4 Å². The number of hydrogen-bond acceptors (Lipinski definition) is 5. The fourth-order valence-corrected chi connectivity index (χ4v) is 2.96. The molecule has 0 atom stereocenters. The monoisotopic (exact) mass is 396 g/mol. The normalized spacial score (nSPS) is 11.6. The molecule has 3 rings (SSSR count). The fourth-order valence-electron chi connectivity index (χ4n) is 2.96. The van der Waals surface area contributed by atoms with Crippen LogP contribution in [-0.2, 0) is 20.1 Å². The van der Waals surface area contributed by atoms with Crippen LogP contribution in [0.2, 0.25) is 0 Å². The smallest absolute Gasteiger partial charge is 0.191 e. The summed E-state index contributed by atoms with van der Waals surface area (Å²) in [7, 11) is 3.59. The lowest BCUT2D eigenvalue weighted by molar-refractivity contribution is 0.415. The summed E-state index contributed by atoms with van der Waals surface area (Å²) in [5.74, 6) is 2.90. The predicted molar refractivity (Wildman–Crippen MR) is 113 cm³/mol. The van der Waals surface area contributed by atoms with E-state index in [9.17, 15) is 0 Å². The van der Waals surface area contributed by atoms with Crippen LogP contribution in [0.15, 0.2) is 29.3 Å². The van der Waals surface area contributed by atoms with Crippen LogP contribution in [0.5, 0.6) is 5.75 Å². The zero-order valence-corrected chi connectivity index (χ0v) is 17.6. The third kappa shape index (κ3) is 4.92. The summed E-state index contributed by atoms with van der Waals surface area (Å²) < 4.78 is 7.07. The van der Waals surface area contributed by atoms with Crippen LogP contribution in [0.1, 0.15) is 29.7 Å². The van der Waals surface area contributed by atoms with Gasteiger partial charge in [-0.2, -0.15) is 10.2 Å². The van der Waals surface area contributed by atoms with Gasteiger partial charge in [0.05, 0.1) is 25.9 Å². The van der Waals surface area contributed by atoms with E-state index >= 15 is 0 Å². The highest BCUT2D eigenvalue weighted by Crippen LogP contribution is 2.19. The Labute approximate surface area is 170 Å². The molecule has 0 unspecified atom stereocenters. The maximum atomic E-state index is 5.19. The van der Waals surface area contributed by atoms with Crippen LogP contribution >= 0.6 is 0 Å². The molecule has 0 saturated carbocycles. The van der Waals surface area contributed by atoms with Crippen LogP contribution in [0, 0.1) is 13.8 Å². The van der Waals surface area contributed by atoms with Crippen molar-refractivity contribution >= 4 is 5.96 Å². The molecule has 9 nitrogen and oxygen atoms in total. The van der Waals surface area contributed by atoms with E-state index in [0.29, 0.717) is 18.9 Å². The number of hydrogen-bond donors (Lipinski definition) is 3. The molecular weight excluding hydrogens is 368 g/mol. The van der Waals surface area contributed by atoms with Crippen molar-refractivity contribution in [3.63, 3.8) is 0 Å². The SMILES string of the molecule is CCNC(=NCc1c(C)nn(C)c1C)NCc1nc(-c2ccc(OC)cc2)n[nH]1. The Morgan fingerprint density at radius 1 is 1.21 bits per heavy atom. The lowest BCUT2D eigenvalue weighted by Gasteiger charge is -2.10. The summed E-state index contributed by atoms with van der Waals surface area (Å²) in [6, 6.07) is 7.65. The van der Waals surface area contributed by atoms with Gasteiger partial charge in [-0.25, -0.2) is 9.98 Å². The molecular formula is C20H28N8O.